The van der Waals surface area contributed by atoms with E-state index in [1.807, 2.05) is 11.8 Å². The number of primary sulfonamides is 1. The fraction of sp³-hybridized carbons (Fsp3) is 0.318. The number of nitrogens with zero attached hydrogens (tertiary/aromatic N) is 3. The number of hydrogen-bond donors (Lipinski definition) is 2. The van der Waals surface area contributed by atoms with Crippen molar-refractivity contribution in [3.05, 3.63) is 60.2 Å². The molecule has 174 valence electrons. The number of halogens is 1. The van der Waals surface area contributed by atoms with Gasteiger partial charge in [-0.15, -0.1) is 0 Å². The molecule has 2 unspecified atom stereocenters. The third kappa shape index (κ3) is 5.44. The molecule has 4 rings (SSSR count). The number of hydrogen-bond acceptors (Lipinski definition) is 7. The van der Waals surface area contributed by atoms with Crippen LogP contribution in [-0.2, 0) is 14.8 Å². The summed E-state index contributed by atoms with van der Waals surface area (Å²) >= 11 is 0. The molecule has 0 spiro atoms. The van der Waals surface area contributed by atoms with Crippen LogP contribution < -0.4 is 10.5 Å². The second kappa shape index (κ2) is 9.38. The van der Waals surface area contributed by atoms with Crippen molar-refractivity contribution in [3.8, 4) is 11.4 Å². The van der Waals surface area contributed by atoms with E-state index >= 15 is 0 Å². The zero-order valence-electron chi connectivity index (χ0n) is 17.9. The van der Waals surface area contributed by atoms with Crippen molar-refractivity contribution in [2.24, 2.45) is 5.14 Å². The number of benzene rings is 2. The molecule has 0 saturated carbocycles. The second-order valence-corrected chi connectivity index (χ2v) is 9.60. The molecule has 1 amide bonds. The Balaban J connectivity index is 1.40. The molecule has 0 radical (unpaired) electrons. The number of nitrogens with two attached hydrogens (primary N) is 1. The maximum absolute atomic E-state index is 13.5. The minimum Gasteiger partial charge on any atom is -0.339 e. The third-order valence-corrected chi connectivity index (χ3v) is 6.63. The van der Waals surface area contributed by atoms with Gasteiger partial charge in [-0.3, -0.25) is 9.69 Å². The highest BCUT2D eigenvalue weighted by molar-refractivity contribution is 7.89. The largest absolute Gasteiger partial charge is 0.339 e. The van der Waals surface area contributed by atoms with E-state index in [4.69, 9.17) is 9.66 Å². The summed E-state index contributed by atoms with van der Waals surface area (Å²) < 4.78 is 41.7. The second-order valence-electron chi connectivity index (χ2n) is 8.04. The van der Waals surface area contributed by atoms with Crippen molar-refractivity contribution >= 4 is 21.6 Å². The first-order chi connectivity index (χ1) is 15.7. The monoisotopic (exact) mass is 473 g/mol. The van der Waals surface area contributed by atoms with Gasteiger partial charge in [-0.25, -0.2) is 17.9 Å². The van der Waals surface area contributed by atoms with Crippen molar-refractivity contribution in [3.63, 3.8) is 0 Å². The van der Waals surface area contributed by atoms with E-state index in [1.165, 1.54) is 36.4 Å². The van der Waals surface area contributed by atoms with Gasteiger partial charge < -0.3 is 9.84 Å². The van der Waals surface area contributed by atoms with Gasteiger partial charge in [0.25, 0.3) is 0 Å². The van der Waals surface area contributed by atoms with E-state index in [1.54, 1.807) is 12.1 Å². The van der Waals surface area contributed by atoms with Gasteiger partial charge >= 0.3 is 0 Å². The van der Waals surface area contributed by atoms with Crippen LogP contribution in [0.3, 0.4) is 0 Å². The van der Waals surface area contributed by atoms with Crippen molar-refractivity contribution in [2.45, 2.75) is 36.6 Å². The number of rotatable bonds is 6. The molecule has 1 aromatic heterocycles. The SMILES string of the molecule is CC(C(=O)Nc1ccc(S(N)(=O)=O)cc1)N1CCCC(c2nc(-c3cccc(F)c3)no2)C1. The number of likely N-dealkylation sites (tertiary alicyclic amines) is 1. The normalized spacial score (nSPS) is 18.1. The molecular weight excluding hydrogens is 449 g/mol. The lowest BCUT2D eigenvalue weighted by Gasteiger charge is -2.34. The summed E-state index contributed by atoms with van der Waals surface area (Å²) in [5, 5.41) is 11.9. The van der Waals surface area contributed by atoms with Gasteiger partial charge in [0.1, 0.15) is 5.82 Å². The lowest BCUT2D eigenvalue weighted by atomic mass is 9.96. The Labute approximate surface area is 190 Å². The molecule has 1 fully saturated rings. The van der Waals surface area contributed by atoms with Gasteiger partial charge in [-0.05, 0) is 62.7 Å². The smallest absolute Gasteiger partial charge is 0.241 e. The summed E-state index contributed by atoms with van der Waals surface area (Å²) in [6.07, 6.45) is 1.69. The fourth-order valence-corrected chi connectivity index (χ4v) is 4.36. The van der Waals surface area contributed by atoms with Gasteiger partial charge in [0.15, 0.2) is 0 Å². The molecule has 2 aromatic carbocycles. The van der Waals surface area contributed by atoms with Crippen LogP contribution >= 0.6 is 0 Å². The number of amides is 1. The number of anilines is 1. The summed E-state index contributed by atoms with van der Waals surface area (Å²) in [4.78, 5) is 19.2. The highest BCUT2D eigenvalue weighted by Gasteiger charge is 2.31. The average Bonchev–Trinajstić information content (AvgIpc) is 3.29. The minimum absolute atomic E-state index is 0.0235. The van der Waals surface area contributed by atoms with E-state index < -0.39 is 16.1 Å². The Morgan fingerprint density at radius 2 is 2.03 bits per heavy atom. The first kappa shape index (κ1) is 23.0. The zero-order valence-corrected chi connectivity index (χ0v) is 18.8. The molecule has 2 heterocycles. The van der Waals surface area contributed by atoms with Gasteiger partial charge in [-0.2, -0.15) is 4.98 Å². The maximum Gasteiger partial charge on any atom is 0.241 e. The molecule has 3 aromatic rings. The van der Waals surface area contributed by atoms with Crippen LogP contribution in [-0.4, -0.2) is 48.5 Å². The molecule has 3 N–H and O–H groups in total. The maximum atomic E-state index is 13.5. The van der Waals surface area contributed by atoms with Crippen molar-refractivity contribution in [1.29, 1.82) is 0 Å². The first-order valence-electron chi connectivity index (χ1n) is 10.5. The van der Waals surface area contributed by atoms with Crippen molar-refractivity contribution in [1.82, 2.24) is 15.0 Å². The van der Waals surface area contributed by atoms with Crippen LogP contribution in [0.1, 0.15) is 31.6 Å². The van der Waals surface area contributed by atoms with Crippen LogP contribution in [0.2, 0.25) is 0 Å². The fourth-order valence-electron chi connectivity index (χ4n) is 3.85. The summed E-state index contributed by atoms with van der Waals surface area (Å²) in [6.45, 7) is 3.10. The topological polar surface area (TPSA) is 131 Å². The summed E-state index contributed by atoms with van der Waals surface area (Å²) in [7, 11) is -3.79. The standard InChI is InChI=1S/C22H24FN5O4S/c1-14(21(29)25-18-7-9-19(10-8-18)33(24,30)31)28-11-3-5-16(13-28)22-26-20(27-32-22)15-4-2-6-17(23)12-15/h2,4,6-10,12,14,16H,3,5,11,13H2,1H3,(H,25,29)(H2,24,30,31). The van der Waals surface area contributed by atoms with Gasteiger partial charge in [-0.1, -0.05) is 17.3 Å². The van der Waals surface area contributed by atoms with Crippen molar-refractivity contribution < 1.29 is 22.1 Å². The molecule has 33 heavy (non-hydrogen) atoms. The van der Waals surface area contributed by atoms with Crippen LogP contribution in [0.5, 0.6) is 0 Å². The third-order valence-electron chi connectivity index (χ3n) is 5.70. The highest BCUT2D eigenvalue weighted by Crippen LogP contribution is 2.29. The van der Waals surface area contributed by atoms with E-state index in [0.29, 0.717) is 29.5 Å². The quantitative estimate of drug-likeness (QED) is 0.563. The summed E-state index contributed by atoms with van der Waals surface area (Å²) in [6, 6.07) is 11.3. The van der Waals surface area contributed by atoms with Crippen LogP contribution in [0.4, 0.5) is 10.1 Å². The highest BCUT2D eigenvalue weighted by atomic mass is 32.2. The molecule has 1 aliphatic heterocycles. The predicted molar refractivity (Wildman–Crippen MR) is 119 cm³/mol. The van der Waals surface area contributed by atoms with Gasteiger partial charge in [0.2, 0.25) is 27.6 Å². The molecule has 1 aliphatic rings. The average molecular weight is 474 g/mol. The van der Waals surface area contributed by atoms with Gasteiger partial charge in [0.05, 0.1) is 16.9 Å². The number of piperidine rings is 1. The Kier molecular flexibility index (Phi) is 6.54. The van der Waals surface area contributed by atoms with Crippen LogP contribution in [0.15, 0.2) is 57.9 Å². The molecule has 0 aliphatic carbocycles. The van der Waals surface area contributed by atoms with Crippen LogP contribution in [0, 0.1) is 5.82 Å². The van der Waals surface area contributed by atoms with Gasteiger partial charge in [0, 0.05) is 17.8 Å². The lowest BCUT2D eigenvalue weighted by molar-refractivity contribution is -0.121. The number of nitrogens with one attached hydrogen (secondary N) is 1. The molecule has 1 saturated heterocycles. The molecule has 0 bridgehead atoms. The van der Waals surface area contributed by atoms with Crippen LogP contribution in [0.25, 0.3) is 11.4 Å². The molecular formula is C22H24FN5O4S. The Morgan fingerprint density at radius 3 is 2.73 bits per heavy atom. The Morgan fingerprint density at radius 1 is 1.27 bits per heavy atom. The van der Waals surface area contributed by atoms with E-state index in [-0.39, 0.29) is 22.5 Å². The lowest BCUT2D eigenvalue weighted by Crippen LogP contribution is -2.46. The first-order valence-corrected chi connectivity index (χ1v) is 12.0. The summed E-state index contributed by atoms with van der Waals surface area (Å²) in [5.41, 5.74) is 1.02. The van der Waals surface area contributed by atoms with E-state index in [9.17, 15) is 17.6 Å². The Hall–Kier alpha value is -3.15. The zero-order chi connectivity index (χ0) is 23.6. The number of sulfonamides is 1. The number of carbonyl (C=O) groups excluding carboxylic acids is 1. The van der Waals surface area contributed by atoms with Crippen molar-refractivity contribution in [2.75, 3.05) is 18.4 Å². The number of carbonyl (C=O) groups is 1. The van der Waals surface area contributed by atoms with E-state index in [0.717, 1.165) is 19.4 Å². The number of aromatic nitrogens is 2. The predicted octanol–water partition coefficient (Wildman–Crippen LogP) is 2.73. The minimum atomic E-state index is -3.79. The molecule has 9 nitrogen and oxygen atoms in total. The molecule has 11 heteroatoms. The summed E-state index contributed by atoms with van der Waals surface area (Å²) in [5.74, 6) is 0.158. The molecule has 2 atom stereocenters. The Bertz CT molecular complexity index is 1250. The van der Waals surface area contributed by atoms with E-state index in [2.05, 4.69) is 15.5 Å².